The molecule has 0 aromatic heterocycles. The van der Waals surface area contributed by atoms with Crippen LogP contribution in [0.5, 0.6) is 0 Å². The number of allylic oxidation sites excluding steroid dienone is 4. The second-order valence-corrected chi connectivity index (χ2v) is 8.22. The van der Waals surface area contributed by atoms with Gasteiger partial charge in [0.25, 0.3) is 0 Å². The molecule has 3 saturated carbocycles. The minimum absolute atomic E-state index is 0.322. The Morgan fingerprint density at radius 3 is 2.82 bits per heavy atom. The van der Waals surface area contributed by atoms with Crippen molar-refractivity contribution in [2.75, 3.05) is 0 Å². The van der Waals surface area contributed by atoms with E-state index in [1.54, 1.807) is 5.57 Å². The zero-order chi connectivity index (χ0) is 15.3. The molecule has 0 bridgehead atoms. The molecule has 0 saturated heterocycles. The van der Waals surface area contributed by atoms with E-state index in [1.165, 1.54) is 50.5 Å². The van der Waals surface area contributed by atoms with Crippen LogP contribution in [0.3, 0.4) is 0 Å². The van der Waals surface area contributed by atoms with Gasteiger partial charge in [0.15, 0.2) is 5.78 Å². The third-order valence-corrected chi connectivity index (χ3v) is 7.86. The summed E-state index contributed by atoms with van der Waals surface area (Å²) in [6, 6.07) is 0. The molecular formula is C21H30O. The van der Waals surface area contributed by atoms with Gasteiger partial charge in [-0.15, -0.1) is 0 Å². The summed E-state index contributed by atoms with van der Waals surface area (Å²) in [5.41, 5.74) is 3.63. The highest BCUT2D eigenvalue weighted by Gasteiger charge is 2.55. The van der Waals surface area contributed by atoms with Crippen LogP contribution in [0.2, 0.25) is 0 Å². The summed E-state index contributed by atoms with van der Waals surface area (Å²) in [7, 11) is 0. The average Bonchev–Trinajstić information content (AvgIpc) is 2.93. The molecule has 120 valence electrons. The van der Waals surface area contributed by atoms with Crippen molar-refractivity contribution in [3.8, 4) is 0 Å². The van der Waals surface area contributed by atoms with Crippen molar-refractivity contribution in [2.24, 2.45) is 29.1 Å². The fourth-order valence-corrected chi connectivity index (χ4v) is 6.94. The Kier molecular flexibility index (Phi) is 3.58. The number of fused-ring (bicyclic) bond motifs is 5. The molecule has 1 nitrogen and oxygen atoms in total. The van der Waals surface area contributed by atoms with Gasteiger partial charge in [-0.3, -0.25) is 4.79 Å². The summed E-state index contributed by atoms with van der Waals surface area (Å²) in [6.45, 7) is 4.86. The minimum Gasteiger partial charge on any atom is -0.295 e. The maximum Gasteiger partial charge on any atom is 0.159 e. The molecule has 0 aromatic carbocycles. The van der Waals surface area contributed by atoms with Crippen LogP contribution in [0.25, 0.3) is 0 Å². The molecule has 5 atom stereocenters. The van der Waals surface area contributed by atoms with Gasteiger partial charge in [-0.1, -0.05) is 26.3 Å². The molecule has 4 unspecified atom stereocenters. The Labute approximate surface area is 135 Å². The van der Waals surface area contributed by atoms with Gasteiger partial charge in [0.1, 0.15) is 0 Å². The van der Waals surface area contributed by atoms with Crippen LogP contribution in [-0.2, 0) is 4.79 Å². The summed E-state index contributed by atoms with van der Waals surface area (Å²) in [4.78, 5) is 11.7. The quantitative estimate of drug-likeness (QED) is 0.661. The number of rotatable bonds is 2. The van der Waals surface area contributed by atoms with E-state index in [2.05, 4.69) is 19.9 Å². The molecule has 0 radical (unpaired) electrons. The van der Waals surface area contributed by atoms with E-state index in [9.17, 15) is 4.79 Å². The Bertz CT molecular complexity index is 540. The molecular weight excluding hydrogens is 268 g/mol. The maximum absolute atomic E-state index is 11.7. The van der Waals surface area contributed by atoms with Crippen LogP contribution in [0.4, 0.5) is 0 Å². The summed E-state index contributed by atoms with van der Waals surface area (Å²) < 4.78 is 0. The van der Waals surface area contributed by atoms with Gasteiger partial charge < -0.3 is 0 Å². The molecule has 0 N–H and O–H groups in total. The lowest BCUT2D eigenvalue weighted by atomic mass is 9.51. The number of hydrogen-bond donors (Lipinski definition) is 0. The van der Waals surface area contributed by atoms with E-state index in [1.807, 2.05) is 6.08 Å². The van der Waals surface area contributed by atoms with Crippen LogP contribution in [-0.4, -0.2) is 5.78 Å². The predicted molar refractivity (Wildman–Crippen MR) is 90.5 cm³/mol. The lowest BCUT2D eigenvalue weighted by Gasteiger charge is -2.53. The van der Waals surface area contributed by atoms with Crippen molar-refractivity contribution in [1.82, 2.24) is 0 Å². The number of ketones is 1. The Hall–Kier alpha value is -0.850. The third kappa shape index (κ3) is 1.93. The van der Waals surface area contributed by atoms with Gasteiger partial charge in [0, 0.05) is 6.42 Å². The SMILES string of the molecule is CCC1CCC2C3CCC4=CC(=O)CC=C4C3CC[C@]12CC. The van der Waals surface area contributed by atoms with Crippen molar-refractivity contribution >= 4 is 5.78 Å². The topological polar surface area (TPSA) is 17.1 Å². The second-order valence-electron chi connectivity index (χ2n) is 8.22. The largest absolute Gasteiger partial charge is 0.295 e. The molecule has 1 heteroatoms. The standard InChI is InChI=1S/C21H30O/c1-3-15-6-10-20-19-8-5-14-13-16(22)7-9-17(14)18(19)11-12-21(15,20)4-2/h9,13,15,18-20H,3-8,10-12H2,1-2H3/t15?,18?,19?,20?,21-/m1/s1. The number of carbonyl (C=O) groups excluding carboxylic acids is 1. The minimum atomic E-state index is 0.322. The van der Waals surface area contributed by atoms with Crippen molar-refractivity contribution in [1.29, 1.82) is 0 Å². The summed E-state index contributed by atoms with van der Waals surface area (Å²) in [6.07, 6.45) is 15.9. The number of carbonyl (C=O) groups is 1. The van der Waals surface area contributed by atoms with Gasteiger partial charge in [-0.25, -0.2) is 0 Å². The van der Waals surface area contributed by atoms with E-state index in [4.69, 9.17) is 0 Å². The van der Waals surface area contributed by atoms with Crippen LogP contribution < -0.4 is 0 Å². The smallest absolute Gasteiger partial charge is 0.159 e. The molecule has 0 spiro atoms. The molecule has 0 aromatic rings. The van der Waals surface area contributed by atoms with Crippen molar-refractivity contribution < 1.29 is 4.79 Å². The van der Waals surface area contributed by atoms with Crippen molar-refractivity contribution in [3.63, 3.8) is 0 Å². The predicted octanol–water partition coefficient (Wildman–Crippen LogP) is 5.46. The molecule has 0 aliphatic heterocycles. The fraction of sp³-hybridized carbons (Fsp3) is 0.762. The molecule has 0 amide bonds. The van der Waals surface area contributed by atoms with Crippen LogP contribution in [0.15, 0.2) is 23.3 Å². The van der Waals surface area contributed by atoms with E-state index >= 15 is 0 Å². The Morgan fingerprint density at radius 2 is 2.05 bits per heavy atom. The lowest BCUT2D eigenvalue weighted by Crippen LogP contribution is -2.45. The first-order valence-electron chi connectivity index (χ1n) is 9.63. The monoisotopic (exact) mass is 298 g/mol. The molecule has 4 rings (SSSR count). The fourth-order valence-electron chi connectivity index (χ4n) is 6.94. The number of hydrogen-bond acceptors (Lipinski definition) is 1. The van der Waals surface area contributed by atoms with Gasteiger partial charge in [0.2, 0.25) is 0 Å². The van der Waals surface area contributed by atoms with E-state index in [0.717, 1.165) is 30.1 Å². The Morgan fingerprint density at radius 1 is 1.18 bits per heavy atom. The van der Waals surface area contributed by atoms with E-state index < -0.39 is 0 Å². The molecule has 0 heterocycles. The normalized spacial score (nSPS) is 43.8. The first kappa shape index (κ1) is 14.7. The zero-order valence-corrected chi connectivity index (χ0v) is 14.2. The van der Waals surface area contributed by atoms with Gasteiger partial charge >= 0.3 is 0 Å². The van der Waals surface area contributed by atoms with Gasteiger partial charge in [0.05, 0.1) is 0 Å². The molecule has 3 fully saturated rings. The third-order valence-electron chi connectivity index (χ3n) is 7.86. The Balaban J connectivity index is 1.65. The highest BCUT2D eigenvalue weighted by atomic mass is 16.1. The first-order valence-corrected chi connectivity index (χ1v) is 9.63. The van der Waals surface area contributed by atoms with Crippen LogP contribution in [0, 0.1) is 29.1 Å². The molecule has 4 aliphatic carbocycles. The second kappa shape index (κ2) is 5.35. The summed E-state index contributed by atoms with van der Waals surface area (Å²) >= 11 is 0. The van der Waals surface area contributed by atoms with E-state index in [0.29, 0.717) is 17.6 Å². The zero-order valence-electron chi connectivity index (χ0n) is 14.2. The van der Waals surface area contributed by atoms with Gasteiger partial charge in [-0.05, 0) is 91.3 Å². The van der Waals surface area contributed by atoms with Gasteiger partial charge in [-0.2, -0.15) is 0 Å². The van der Waals surface area contributed by atoms with Crippen molar-refractivity contribution in [3.05, 3.63) is 23.3 Å². The first-order chi connectivity index (χ1) is 10.7. The maximum atomic E-state index is 11.7. The van der Waals surface area contributed by atoms with E-state index in [-0.39, 0.29) is 0 Å². The summed E-state index contributed by atoms with van der Waals surface area (Å²) in [5, 5.41) is 0. The lowest BCUT2D eigenvalue weighted by molar-refractivity contribution is -0.114. The average molecular weight is 298 g/mol. The van der Waals surface area contributed by atoms with Crippen molar-refractivity contribution in [2.45, 2.75) is 71.6 Å². The van der Waals surface area contributed by atoms with Crippen LogP contribution >= 0.6 is 0 Å². The molecule has 4 aliphatic rings. The highest BCUT2D eigenvalue weighted by molar-refractivity contribution is 5.93. The highest BCUT2D eigenvalue weighted by Crippen LogP contribution is 2.65. The molecule has 22 heavy (non-hydrogen) atoms. The summed E-state index contributed by atoms with van der Waals surface area (Å²) in [5.74, 6) is 3.93. The van der Waals surface area contributed by atoms with Crippen LogP contribution in [0.1, 0.15) is 71.6 Å².